The van der Waals surface area contributed by atoms with Crippen LogP contribution in [0.2, 0.25) is 5.02 Å². The minimum absolute atomic E-state index is 0.0649. The van der Waals surface area contributed by atoms with E-state index in [1.165, 1.54) is 18.2 Å². The second-order valence-corrected chi connectivity index (χ2v) is 4.77. The average Bonchev–Trinajstić information content (AvgIpc) is 2.40. The third-order valence-electron chi connectivity index (χ3n) is 2.88. The third-order valence-corrected chi connectivity index (χ3v) is 3.18. The summed E-state index contributed by atoms with van der Waals surface area (Å²) in [4.78, 5) is 10.1. The number of anilines is 1. The van der Waals surface area contributed by atoms with Crippen LogP contribution in [0.1, 0.15) is 11.1 Å². The van der Waals surface area contributed by atoms with E-state index in [1.54, 1.807) is 19.1 Å². The number of nitro groups is 1. The second-order valence-electron chi connectivity index (χ2n) is 4.36. The van der Waals surface area contributed by atoms with E-state index in [9.17, 15) is 14.5 Å². The Balaban J connectivity index is 2.09. The molecule has 0 aliphatic rings. The van der Waals surface area contributed by atoms with Crippen LogP contribution in [0.25, 0.3) is 0 Å². The van der Waals surface area contributed by atoms with Gasteiger partial charge in [-0.3, -0.25) is 10.1 Å². The number of halogens is 2. The van der Waals surface area contributed by atoms with Gasteiger partial charge in [0.2, 0.25) is 0 Å². The third kappa shape index (κ3) is 3.24. The van der Waals surface area contributed by atoms with Crippen molar-refractivity contribution in [1.29, 1.82) is 0 Å². The van der Waals surface area contributed by atoms with Crippen LogP contribution in [-0.4, -0.2) is 4.92 Å². The van der Waals surface area contributed by atoms with E-state index in [2.05, 4.69) is 5.32 Å². The number of rotatable bonds is 4. The predicted octanol–water partition coefficient (Wildman–Crippen LogP) is 4.31. The Bertz CT molecular complexity index is 662. The Labute approximate surface area is 120 Å². The Morgan fingerprint density at radius 2 is 2.05 bits per heavy atom. The molecule has 0 aliphatic carbocycles. The molecular formula is C14H12ClFN2O2. The van der Waals surface area contributed by atoms with Gasteiger partial charge in [0.1, 0.15) is 10.8 Å². The molecule has 20 heavy (non-hydrogen) atoms. The molecule has 0 saturated carbocycles. The fraction of sp³-hybridized carbons (Fsp3) is 0.143. The molecule has 0 atom stereocenters. The van der Waals surface area contributed by atoms with E-state index in [4.69, 9.17) is 11.6 Å². The molecule has 2 aromatic carbocycles. The summed E-state index contributed by atoms with van der Waals surface area (Å²) in [6.07, 6.45) is 0. The Hall–Kier alpha value is -2.14. The summed E-state index contributed by atoms with van der Waals surface area (Å²) in [6, 6.07) is 9.35. The molecule has 104 valence electrons. The molecule has 0 saturated heterocycles. The van der Waals surface area contributed by atoms with Crippen molar-refractivity contribution in [2.24, 2.45) is 0 Å². The van der Waals surface area contributed by atoms with Crippen molar-refractivity contribution in [2.75, 3.05) is 5.32 Å². The zero-order chi connectivity index (χ0) is 14.7. The van der Waals surface area contributed by atoms with Gasteiger partial charge in [0.25, 0.3) is 5.69 Å². The molecule has 0 unspecified atom stereocenters. The fourth-order valence-corrected chi connectivity index (χ4v) is 1.96. The average molecular weight is 295 g/mol. The van der Waals surface area contributed by atoms with Gasteiger partial charge in [0.15, 0.2) is 0 Å². The number of nitro benzene ring substituents is 1. The van der Waals surface area contributed by atoms with Gasteiger partial charge in [0, 0.05) is 18.3 Å². The maximum atomic E-state index is 13.4. The SMILES string of the molecule is Cc1ccc(CNc2ccc([N+](=O)[O-])c(Cl)c2)cc1F. The lowest BCUT2D eigenvalue weighted by Crippen LogP contribution is -2.00. The van der Waals surface area contributed by atoms with Gasteiger partial charge in [-0.1, -0.05) is 23.7 Å². The molecule has 0 bridgehead atoms. The van der Waals surface area contributed by atoms with Crippen molar-refractivity contribution in [3.8, 4) is 0 Å². The fourth-order valence-electron chi connectivity index (χ4n) is 1.72. The van der Waals surface area contributed by atoms with E-state index in [-0.39, 0.29) is 16.5 Å². The molecule has 0 radical (unpaired) electrons. The van der Waals surface area contributed by atoms with Crippen molar-refractivity contribution in [3.63, 3.8) is 0 Å². The highest BCUT2D eigenvalue weighted by molar-refractivity contribution is 6.32. The van der Waals surface area contributed by atoms with Crippen LogP contribution in [0.15, 0.2) is 36.4 Å². The van der Waals surface area contributed by atoms with Crippen LogP contribution in [0.4, 0.5) is 15.8 Å². The summed E-state index contributed by atoms with van der Waals surface area (Å²) in [5.41, 5.74) is 1.87. The molecule has 0 amide bonds. The van der Waals surface area contributed by atoms with Crippen LogP contribution in [0.5, 0.6) is 0 Å². The highest BCUT2D eigenvalue weighted by atomic mass is 35.5. The second kappa shape index (κ2) is 5.88. The lowest BCUT2D eigenvalue weighted by molar-refractivity contribution is -0.384. The molecule has 1 N–H and O–H groups in total. The minimum Gasteiger partial charge on any atom is -0.381 e. The van der Waals surface area contributed by atoms with Crippen LogP contribution in [0, 0.1) is 22.9 Å². The minimum atomic E-state index is -0.540. The monoisotopic (exact) mass is 294 g/mol. The first kappa shape index (κ1) is 14.3. The Kier molecular flexibility index (Phi) is 4.20. The molecule has 0 aliphatic heterocycles. The smallest absolute Gasteiger partial charge is 0.288 e. The lowest BCUT2D eigenvalue weighted by atomic mass is 10.1. The Morgan fingerprint density at radius 1 is 1.30 bits per heavy atom. The van der Waals surface area contributed by atoms with Crippen LogP contribution >= 0.6 is 11.6 Å². The molecule has 2 rings (SSSR count). The zero-order valence-electron chi connectivity index (χ0n) is 10.7. The van der Waals surface area contributed by atoms with Crippen LogP contribution in [-0.2, 0) is 6.54 Å². The first-order chi connectivity index (χ1) is 9.47. The number of nitrogens with one attached hydrogen (secondary N) is 1. The molecule has 6 heteroatoms. The van der Waals surface area contributed by atoms with E-state index < -0.39 is 4.92 Å². The van der Waals surface area contributed by atoms with Crippen molar-refractivity contribution in [3.05, 3.63) is 68.5 Å². The summed E-state index contributed by atoms with van der Waals surface area (Å²) < 4.78 is 13.4. The van der Waals surface area contributed by atoms with Gasteiger partial charge in [-0.25, -0.2) is 4.39 Å². The molecule has 2 aromatic rings. The topological polar surface area (TPSA) is 55.2 Å². The number of hydrogen-bond acceptors (Lipinski definition) is 3. The first-order valence-electron chi connectivity index (χ1n) is 5.90. The number of benzene rings is 2. The summed E-state index contributed by atoms with van der Waals surface area (Å²) in [7, 11) is 0. The van der Waals surface area contributed by atoms with Crippen molar-refractivity contribution >= 4 is 23.0 Å². The number of nitrogens with zero attached hydrogens (tertiary/aromatic N) is 1. The summed E-state index contributed by atoms with van der Waals surface area (Å²) in [5, 5.41) is 13.7. The van der Waals surface area contributed by atoms with E-state index in [0.717, 1.165) is 5.56 Å². The standard InChI is InChI=1S/C14H12ClFN2O2/c1-9-2-3-10(6-13(9)16)8-17-11-4-5-14(18(19)20)12(15)7-11/h2-7,17H,8H2,1H3. The van der Waals surface area contributed by atoms with Crippen molar-refractivity contribution < 1.29 is 9.31 Å². The molecule has 0 fully saturated rings. The molecule has 0 spiro atoms. The normalized spacial score (nSPS) is 10.3. The first-order valence-corrected chi connectivity index (χ1v) is 6.28. The van der Waals surface area contributed by atoms with E-state index in [1.807, 2.05) is 6.07 Å². The maximum absolute atomic E-state index is 13.4. The molecular weight excluding hydrogens is 283 g/mol. The van der Waals surface area contributed by atoms with Gasteiger partial charge in [0.05, 0.1) is 4.92 Å². The van der Waals surface area contributed by atoms with Crippen LogP contribution < -0.4 is 5.32 Å². The highest BCUT2D eigenvalue weighted by Gasteiger charge is 2.11. The van der Waals surface area contributed by atoms with Gasteiger partial charge < -0.3 is 5.32 Å². The summed E-state index contributed by atoms with van der Waals surface area (Å²) in [6.45, 7) is 2.11. The van der Waals surface area contributed by atoms with Crippen molar-refractivity contribution in [1.82, 2.24) is 0 Å². The lowest BCUT2D eigenvalue weighted by Gasteiger charge is -2.08. The van der Waals surface area contributed by atoms with Gasteiger partial charge in [-0.05, 0) is 36.2 Å². The highest BCUT2D eigenvalue weighted by Crippen LogP contribution is 2.27. The summed E-state index contributed by atoms with van der Waals surface area (Å²) >= 11 is 5.81. The van der Waals surface area contributed by atoms with Crippen LogP contribution in [0.3, 0.4) is 0 Å². The van der Waals surface area contributed by atoms with E-state index >= 15 is 0 Å². The number of aryl methyl sites for hydroxylation is 1. The Morgan fingerprint density at radius 3 is 2.65 bits per heavy atom. The number of hydrogen-bond donors (Lipinski definition) is 1. The van der Waals surface area contributed by atoms with Gasteiger partial charge in [-0.15, -0.1) is 0 Å². The maximum Gasteiger partial charge on any atom is 0.288 e. The van der Waals surface area contributed by atoms with E-state index in [0.29, 0.717) is 17.8 Å². The molecule has 0 heterocycles. The predicted molar refractivity (Wildman–Crippen MR) is 76.6 cm³/mol. The van der Waals surface area contributed by atoms with Gasteiger partial charge >= 0.3 is 0 Å². The quantitative estimate of drug-likeness (QED) is 0.675. The largest absolute Gasteiger partial charge is 0.381 e. The van der Waals surface area contributed by atoms with Gasteiger partial charge in [-0.2, -0.15) is 0 Å². The molecule has 4 nitrogen and oxygen atoms in total. The van der Waals surface area contributed by atoms with Crippen molar-refractivity contribution in [2.45, 2.75) is 13.5 Å². The zero-order valence-corrected chi connectivity index (χ0v) is 11.4. The molecule has 0 aromatic heterocycles. The summed E-state index contributed by atoms with van der Waals surface area (Å²) in [5.74, 6) is -0.258.